The largest absolute Gasteiger partial charge is 0.361 e. The summed E-state index contributed by atoms with van der Waals surface area (Å²) in [6.45, 7) is 3.77. The highest BCUT2D eigenvalue weighted by Crippen LogP contribution is 2.37. The third kappa shape index (κ3) is 2.67. The van der Waals surface area contributed by atoms with Crippen molar-refractivity contribution >= 4 is 10.8 Å². The maximum atomic E-state index is 13.7. The molecule has 1 aliphatic rings. The van der Waals surface area contributed by atoms with Gasteiger partial charge in [0.05, 0.1) is 10.9 Å². The zero-order valence-corrected chi connectivity index (χ0v) is 13.0. The highest BCUT2D eigenvalue weighted by molar-refractivity contribution is 7.85. The molecule has 0 saturated heterocycles. The van der Waals surface area contributed by atoms with Gasteiger partial charge in [0.2, 0.25) is 0 Å². The Labute approximate surface area is 126 Å². The van der Waals surface area contributed by atoms with Gasteiger partial charge in [-0.2, -0.15) is 0 Å². The van der Waals surface area contributed by atoms with Crippen LogP contribution in [0.5, 0.6) is 0 Å². The van der Waals surface area contributed by atoms with E-state index in [1.165, 1.54) is 6.07 Å². The van der Waals surface area contributed by atoms with Crippen LogP contribution in [0.2, 0.25) is 0 Å². The molecule has 0 saturated carbocycles. The van der Waals surface area contributed by atoms with Crippen molar-refractivity contribution in [1.82, 2.24) is 5.16 Å². The predicted molar refractivity (Wildman–Crippen MR) is 80.2 cm³/mol. The molecule has 0 bridgehead atoms. The van der Waals surface area contributed by atoms with Crippen molar-refractivity contribution in [2.24, 2.45) is 0 Å². The lowest BCUT2D eigenvalue weighted by Crippen LogP contribution is -2.10. The first-order valence-electron chi connectivity index (χ1n) is 7.14. The molecule has 1 aliphatic carbocycles. The first kappa shape index (κ1) is 14.4. The fourth-order valence-electron chi connectivity index (χ4n) is 3.05. The topological polar surface area (TPSA) is 43.1 Å². The first-order valence-corrected chi connectivity index (χ1v) is 8.52. The highest BCUT2D eigenvalue weighted by atomic mass is 32.2. The number of nitrogens with zero attached hydrogens (tertiary/aromatic N) is 1. The van der Waals surface area contributed by atoms with Crippen molar-refractivity contribution < 1.29 is 13.1 Å². The minimum absolute atomic E-state index is 0.0452. The van der Waals surface area contributed by atoms with E-state index in [4.69, 9.17) is 4.52 Å². The van der Waals surface area contributed by atoms with Gasteiger partial charge in [-0.1, -0.05) is 17.3 Å². The second-order valence-electron chi connectivity index (χ2n) is 5.47. The van der Waals surface area contributed by atoms with Crippen molar-refractivity contribution in [3.8, 4) is 0 Å². The molecule has 1 aromatic carbocycles. The first-order chi connectivity index (χ1) is 10.1. The van der Waals surface area contributed by atoms with Gasteiger partial charge in [-0.25, -0.2) is 4.39 Å². The quantitative estimate of drug-likeness (QED) is 0.869. The van der Waals surface area contributed by atoms with E-state index in [2.05, 4.69) is 5.16 Å². The maximum absolute atomic E-state index is 13.7. The molecule has 0 fully saturated rings. The van der Waals surface area contributed by atoms with Gasteiger partial charge in [-0.3, -0.25) is 4.21 Å². The van der Waals surface area contributed by atoms with Gasteiger partial charge in [0, 0.05) is 22.1 Å². The van der Waals surface area contributed by atoms with Crippen molar-refractivity contribution in [2.75, 3.05) is 5.75 Å². The van der Waals surface area contributed by atoms with Crippen LogP contribution in [0.15, 0.2) is 22.7 Å². The van der Waals surface area contributed by atoms with Crippen LogP contribution in [-0.4, -0.2) is 15.1 Å². The Balaban J connectivity index is 1.72. The van der Waals surface area contributed by atoms with Gasteiger partial charge >= 0.3 is 0 Å². The molecule has 0 aliphatic heterocycles. The summed E-state index contributed by atoms with van der Waals surface area (Å²) < 4.78 is 31.4. The summed E-state index contributed by atoms with van der Waals surface area (Å²) in [5, 5.41) is 3.87. The minimum Gasteiger partial charge on any atom is -0.361 e. The van der Waals surface area contributed by atoms with E-state index in [1.54, 1.807) is 6.07 Å². The lowest BCUT2D eigenvalue weighted by Gasteiger charge is -2.11. The lowest BCUT2D eigenvalue weighted by atomic mass is 10.1. The van der Waals surface area contributed by atoms with Crippen LogP contribution in [0.3, 0.4) is 0 Å². The predicted octanol–water partition coefficient (Wildman–Crippen LogP) is 3.41. The Hall–Kier alpha value is -1.49. The Morgan fingerprint density at radius 1 is 1.43 bits per heavy atom. The number of hydrogen-bond donors (Lipinski definition) is 0. The number of aromatic nitrogens is 1. The van der Waals surface area contributed by atoms with Gasteiger partial charge in [0.15, 0.2) is 0 Å². The van der Waals surface area contributed by atoms with Gasteiger partial charge in [0.1, 0.15) is 11.6 Å². The Bertz CT molecular complexity index is 676. The minimum atomic E-state index is -1.00. The molecule has 0 radical (unpaired) electrons. The number of fused-ring (bicyclic) bond motifs is 1. The van der Waals surface area contributed by atoms with Gasteiger partial charge in [-0.15, -0.1) is 0 Å². The summed E-state index contributed by atoms with van der Waals surface area (Å²) >= 11 is 0. The van der Waals surface area contributed by atoms with Crippen LogP contribution in [-0.2, 0) is 23.6 Å². The van der Waals surface area contributed by atoms with Crippen molar-refractivity contribution in [3.05, 3.63) is 52.2 Å². The molecule has 1 heterocycles. The van der Waals surface area contributed by atoms with E-state index >= 15 is 0 Å². The third-order valence-electron chi connectivity index (χ3n) is 4.21. The molecular weight excluding hydrogens is 289 g/mol. The van der Waals surface area contributed by atoms with Crippen LogP contribution in [0.1, 0.15) is 39.8 Å². The van der Waals surface area contributed by atoms with Crippen molar-refractivity contribution in [1.29, 1.82) is 0 Å². The number of benzene rings is 1. The molecule has 0 spiro atoms. The summed E-state index contributed by atoms with van der Waals surface area (Å²) in [7, 11) is -1.00. The molecule has 3 nitrogen and oxygen atoms in total. The second-order valence-corrected chi connectivity index (χ2v) is 7.21. The highest BCUT2D eigenvalue weighted by Gasteiger charge is 2.29. The molecular formula is C16H18FNO2S. The molecule has 0 N–H and O–H groups in total. The molecule has 112 valence electrons. The molecule has 1 aromatic heterocycles. The van der Waals surface area contributed by atoms with E-state index in [0.29, 0.717) is 18.6 Å². The normalized spacial score (nSPS) is 18.7. The average molecular weight is 307 g/mol. The van der Waals surface area contributed by atoms with Gasteiger partial charge < -0.3 is 4.52 Å². The number of hydrogen-bond acceptors (Lipinski definition) is 3. The summed E-state index contributed by atoms with van der Waals surface area (Å²) in [5.74, 6) is 1.18. The van der Waals surface area contributed by atoms with Crippen LogP contribution < -0.4 is 0 Å². The molecule has 5 heteroatoms. The van der Waals surface area contributed by atoms with Crippen LogP contribution in [0, 0.1) is 19.7 Å². The smallest absolute Gasteiger partial charge is 0.137 e. The molecule has 0 amide bonds. The summed E-state index contributed by atoms with van der Waals surface area (Å²) in [6.07, 6.45) is 2.14. The van der Waals surface area contributed by atoms with Crippen LogP contribution in [0.4, 0.5) is 4.39 Å². The van der Waals surface area contributed by atoms with Crippen molar-refractivity contribution in [2.45, 2.75) is 38.4 Å². The summed E-state index contributed by atoms with van der Waals surface area (Å²) in [4.78, 5) is 0. The summed E-state index contributed by atoms with van der Waals surface area (Å²) in [5.41, 5.74) is 3.57. The number of aryl methyl sites for hydroxylation is 2. The second kappa shape index (κ2) is 5.72. The van der Waals surface area contributed by atoms with Gasteiger partial charge in [-0.05, 0) is 50.3 Å². The number of halogens is 1. The molecule has 2 unspecified atom stereocenters. The SMILES string of the molecule is Cc1noc(C)c1CCS(=O)C1CCc2c(F)cccc21. The zero-order valence-electron chi connectivity index (χ0n) is 12.2. The maximum Gasteiger partial charge on any atom is 0.137 e. The van der Waals surface area contributed by atoms with E-state index in [-0.39, 0.29) is 11.1 Å². The van der Waals surface area contributed by atoms with Crippen LogP contribution in [0.25, 0.3) is 0 Å². The van der Waals surface area contributed by atoms with Gasteiger partial charge in [0.25, 0.3) is 0 Å². The third-order valence-corrected chi connectivity index (χ3v) is 5.94. The number of rotatable bonds is 4. The van der Waals surface area contributed by atoms with E-state index < -0.39 is 10.8 Å². The van der Waals surface area contributed by atoms with Crippen molar-refractivity contribution in [3.63, 3.8) is 0 Å². The molecule has 21 heavy (non-hydrogen) atoms. The Morgan fingerprint density at radius 2 is 2.24 bits per heavy atom. The fraction of sp³-hybridized carbons (Fsp3) is 0.438. The standard InChI is InChI=1S/C16H18FNO2S/c1-10-12(11(2)20-18-10)8-9-21(19)16-7-6-13-14(16)4-3-5-15(13)17/h3-5,16H,6-9H2,1-2H3. The monoisotopic (exact) mass is 307 g/mol. The molecule has 2 atom stereocenters. The molecule has 3 rings (SSSR count). The zero-order chi connectivity index (χ0) is 15.0. The summed E-state index contributed by atoms with van der Waals surface area (Å²) in [6, 6.07) is 5.09. The average Bonchev–Trinajstić information content (AvgIpc) is 3.02. The fourth-order valence-corrected chi connectivity index (χ4v) is 4.62. The van der Waals surface area contributed by atoms with E-state index in [1.807, 2.05) is 19.9 Å². The Morgan fingerprint density at radius 3 is 2.95 bits per heavy atom. The lowest BCUT2D eigenvalue weighted by molar-refractivity contribution is 0.392. The van der Waals surface area contributed by atoms with Crippen LogP contribution >= 0.6 is 0 Å². The van der Waals surface area contributed by atoms with E-state index in [9.17, 15) is 8.60 Å². The molecule has 2 aromatic rings. The Kier molecular flexibility index (Phi) is 3.93. The van der Waals surface area contributed by atoms with E-state index in [0.717, 1.165) is 34.6 Å².